The molecule has 1 saturated carbocycles. The molecule has 2 atom stereocenters. The Balaban J connectivity index is 1.31. The molecule has 1 fully saturated rings. The van der Waals surface area contributed by atoms with Crippen LogP contribution in [0, 0.1) is 0 Å². The first kappa shape index (κ1) is 19.6. The van der Waals surface area contributed by atoms with Crippen molar-refractivity contribution in [1.29, 1.82) is 0 Å². The predicted octanol–water partition coefficient (Wildman–Crippen LogP) is 5.22. The summed E-state index contributed by atoms with van der Waals surface area (Å²) in [5.41, 5.74) is 4.44. The fourth-order valence-corrected chi connectivity index (χ4v) is 5.73. The van der Waals surface area contributed by atoms with Crippen molar-refractivity contribution in [3.05, 3.63) is 60.3 Å². The van der Waals surface area contributed by atoms with Gasteiger partial charge >= 0.3 is 0 Å². The topological polar surface area (TPSA) is 66.8 Å². The number of aromatic nitrogens is 4. The second-order valence-electron chi connectivity index (χ2n) is 8.81. The van der Waals surface area contributed by atoms with Crippen LogP contribution >= 0.6 is 11.8 Å². The zero-order valence-corrected chi connectivity index (χ0v) is 19.0. The Morgan fingerprint density at radius 3 is 2.75 bits per heavy atom. The van der Waals surface area contributed by atoms with E-state index in [1.165, 1.54) is 17.3 Å². The highest BCUT2D eigenvalue weighted by atomic mass is 32.2. The number of amides is 1. The van der Waals surface area contributed by atoms with Crippen molar-refractivity contribution in [2.24, 2.45) is 0 Å². The van der Waals surface area contributed by atoms with E-state index in [1.54, 1.807) is 0 Å². The van der Waals surface area contributed by atoms with E-state index < -0.39 is 0 Å². The van der Waals surface area contributed by atoms with Crippen molar-refractivity contribution < 1.29 is 4.79 Å². The molecule has 1 N–H and O–H groups in total. The van der Waals surface area contributed by atoms with Crippen molar-refractivity contribution in [2.45, 2.75) is 55.6 Å². The first-order valence-electron chi connectivity index (χ1n) is 11.2. The minimum Gasteiger partial charge on any atom is -0.360 e. The normalized spacial score (nSPS) is 18.8. The minimum absolute atomic E-state index is 0.131. The lowest BCUT2D eigenvalue weighted by atomic mass is 10.1. The number of aromatic amines is 1. The number of carbonyl (C=O) groups excluding carboxylic acids is 1. The lowest BCUT2D eigenvalue weighted by Gasteiger charge is -2.25. The number of carbonyl (C=O) groups is 1. The van der Waals surface area contributed by atoms with Gasteiger partial charge < -0.3 is 9.88 Å². The smallest absolute Gasteiger partial charge is 0.240 e. The van der Waals surface area contributed by atoms with Gasteiger partial charge in [-0.15, -0.1) is 10.2 Å². The van der Waals surface area contributed by atoms with Crippen LogP contribution in [0.1, 0.15) is 38.3 Å². The monoisotopic (exact) mass is 443 g/mol. The van der Waals surface area contributed by atoms with E-state index in [0.29, 0.717) is 6.04 Å². The molecule has 4 aromatic rings. The zero-order chi connectivity index (χ0) is 21.8. The number of thioether (sulfide) groups is 1. The average Bonchev–Trinajstić information content (AvgIpc) is 3.27. The summed E-state index contributed by atoms with van der Waals surface area (Å²) >= 11 is 1.52. The van der Waals surface area contributed by atoms with Crippen molar-refractivity contribution in [1.82, 2.24) is 19.7 Å². The van der Waals surface area contributed by atoms with Crippen molar-refractivity contribution in [3.8, 4) is 11.4 Å². The molecule has 0 radical (unpaired) electrons. The van der Waals surface area contributed by atoms with Gasteiger partial charge in [0.1, 0.15) is 0 Å². The summed E-state index contributed by atoms with van der Waals surface area (Å²) in [6.45, 7) is 4.11. The Morgan fingerprint density at radius 2 is 1.91 bits per heavy atom. The molecule has 1 aliphatic carbocycles. The molecule has 162 valence electrons. The maximum atomic E-state index is 13.5. The Morgan fingerprint density at radius 1 is 1.12 bits per heavy atom. The molecule has 6 nitrogen and oxygen atoms in total. The fraction of sp³-hybridized carbons (Fsp3) is 0.320. The third-order valence-corrected chi connectivity index (χ3v) is 7.53. The summed E-state index contributed by atoms with van der Waals surface area (Å²) in [5.74, 6) is 1.01. The number of hydrogen-bond acceptors (Lipinski definition) is 4. The highest BCUT2D eigenvalue weighted by Gasteiger charge is 2.36. The molecule has 32 heavy (non-hydrogen) atoms. The van der Waals surface area contributed by atoms with Gasteiger partial charge in [-0.1, -0.05) is 48.2 Å². The largest absolute Gasteiger partial charge is 0.360 e. The average molecular weight is 444 g/mol. The molecule has 2 aliphatic rings. The van der Waals surface area contributed by atoms with E-state index >= 15 is 0 Å². The van der Waals surface area contributed by atoms with Crippen LogP contribution in [-0.2, 0) is 11.2 Å². The van der Waals surface area contributed by atoms with Gasteiger partial charge in [0.15, 0.2) is 11.0 Å². The van der Waals surface area contributed by atoms with E-state index in [4.69, 9.17) is 0 Å². The number of H-pyrrole nitrogens is 1. The van der Waals surface area contributed by atoms with Crippen LogP contribution in [0.4, 0.5) is 5.69 Å². The highest BCUT2D eigenvalue weighted by Crippen LogP contribution is 2.43. The highest BCUT2D eigenvalue weighted by molar-refractivity contribution is 8.00. The van der Waals surface area contributed by atoms with E-state index in [-0.39, 0.29) is 17.2 Å². The molecule has 2 aromatic heterocycles. The molecule has 0 bridgehead atoms. The zero-order valence-electron chi connectivity index (χ0n) is 18.2. The third-order valence-electron chi connectivity index (χ3n) is 6.48. The van der Waals surface area contributed by atoms with Crippen LogP contribution in [0.2, 0.25) is 0 Å². The number of fused-ring (bicyclic) bond motifs is 2. The second kappa shape index (κ2) is 7.52. The van der Waals surface area contributed by atoms with Gasteiger partial charge in [-0.3, -0.25) is 9.36 Å². The first-order valence-corrected chi connectivity index (χ1v) is 12.1. The van der Waals surface area contributed by atoms with Gasteiger partial charge in [-0.25, -0.2) is 0 Å². The van der Waals surface area contributed by atoms with E-state index in [9.17, 15) is 4.79 Å². The molecule has 2 aromatic carbocycles. The lowest BCUT2D eigenvalue weighted by Crippen LogP contribution is -2.40. The molecule has 0 spiro atoms. The fourth-order valence-electron chi connectivity index (χ4n) is 4.77. The first-order chi connectivity index (χ1) is 15.6. The van der Waals surface area contributed by atoms with Crippen LogP contribution in [-0.4, -0.2) is 36.9 Å². The number of nitrogens with zero attached hydrogens (tertiary/aromatic N) is 4. The van der Waals surface area contributed by atoms with Gasteiger partial charge in [0, 0.05) is 40.4 Å². The number of hydrogen-bond donors (Lipinski definition) is 1. The number of rotatable bonds is 5. The summed E-state index contributed by atoms with van der Waals surface area (Å²) in [4.78, 5) is 18.8. The molecular formula is C25H25N5OS. The third kappa shape index (κ3) is 3.14. The second-order valence-corrected chi connectivity index (χ2v) is 10.1. The maximum Gasteiger partial charge on any atom is 0.240 e. The summed E-state index contributed by atoms with van der Waals surface area (Å²) in [7, 11) is 0. The van der Waals surface area contributed by atoms with Crippen molar-refractivity contribution in [3.63, 3.8) is 0 Å². The number of nitrogens with one attached hydrogen (secondary N) is 1. The number of benzene rings is 2. The lowest BCUT2D eigenvalue weighted by molar-refractivity contribution is -0.118. The summed E-state index contributed by atoms with van der Waals surface area (Å²) in [6.07, 6.45) is 5.17. The molecule has 7 heteroatoms. The van der Waals surface area contributed by atoms with E-state index in [1.807, 2.05) is 42.3 Å². The van der Waals surface area contributed by atoms with Crippen LogP contribution in [0.5, 0.6) is 0 Å². The minimum atomic E-state index is -0.249. The number of anilines is 1. The van der Waals surface area contributed by atoms with E-state index in [2.05, 4.69) is 50.9 Å². The van der Waals surface area contributed by atoms with Gasteiger partial charge in [-0.2, -0.15) is 0 Å². The summed E-state index contributed by atoms with van der Waals surface area (Å²) < 4.78 is 2.24. The molecular weight excluding hydrogens is 418 g/mol. The van der Waals surface area contributed by atoms with Gasteiger partial charge in [0.25, 0.3) is 0 Å². The molecule has 0 saturated heterocycles. The van der Waals surface area contributed by atoms with Gasteiger partial charge in [0.05, 0.1) is 5.25 Å². The molecule has 6 rings (SSSR count). The van der Waals surface area contributed by atoms with Gasteiger partial charge in [0.2, 0.25) is 5.91 Å². The molecule has 2 unspecified atom stereocenters. The standard InChI is InChI=1S/C25H25N5OS/c1-15-13-17-7-3-6-10-22(17)29(15)24(31)16(2)32-25-28-27-23(30(25)18-11-12-18)20-14-26-21-9-5-4-8-19(20)21/h3-10,14-16,18,26H,11-13H2,1-2H3. The predicted molar refractivity (Wildman–Crippen MR) is 128 cm³/mol. The van der Waals surface area contributed by atoms with Gasteiger partial charge in [-0.05, 0) is 50.8 Å². The Labute approximate surface area is 191 Å². The van der Waals surface area contributed by atoms with Crippen molar-refractivity contribution in [2.75, 3.05) is 4.90 Å². The maximum absolute atomic E-state index is 13.5. The molecule has 3 heterocycles. The van der Waals surface area contributed by atoms with Crippen LogP contribution in [0.15, 0.2) is 59.9 Å². The quantitative estimate of drug-likeness (QED) is 0.430. The summed E-state index contributed by atoms with van der Waals surface area (Å²) in [5, 5.41) is 10.8. The Bertz CT molecular complexity index is 1320. The van der Waals surface area contributed by atoms with Crippen LogP contribution in [0.25, 0.3) is 22.3 Å². The Hall–Kier alpha value is -3.06. The summed E-state index contributed by atoms with van der Waals surface area (Å²) in [6, 6.07) is 17.1. The number of para-hydroxylation sites is 2. The SMILES string of the molecule is CC(Sc1nnc(-c2c[nH]c3ccccc23)n1C1CC1)C(=O)N1c2ccccc2CC1C. The Kier molecular flexibility index (Phi) is 4.61. The molecule has 1 amide bonds. The van der Waals surface area contributed by atoms with Crippen LogP contribution < -0.4 is 4.90 Å². The molecule has 1 aliphatic heterocycles. The van der Waals surface area contributed by atoms with Crippen molar-refractivity contribution >= 4 is 34.3 Å². The van der Waals surface area contributed by atoms with Crippen LogP contribution in [0.3, 0.4) is 0 Å². The van der Waals surface area contributed by atoms with E-state index in [0.717, 1.165) is 52.4 Å².